The Labute approximate surface area is 136 Å². The Hall–Kier alpha value is -1.01. The minimum Gasteiger partial charge on any atom is -0.246 e. The maximum Gasteiger partial charge on any atom is 0.282 e. The first kappa shape index (κ1) is 17.3. The highest BCUT2D eigenvalue weighted by Gasteiger charge is 2.35. The average molecular weight is 342 g/mol. The molecule has 0 spiro atoms. The van der Waals surface area contributed by atoms with Crippen LogP contribution in [0.4, 0.5) is 0 Å². The molecular formula is C14H22N4O2S2. The number of aromatic nitrogens is 1. The minimum absolute atomic E-state index is 0.153. The lowest BCUT2D eigenvalue weighted by Gasteiger charge is -2.33. The fourth-order valence-corrected chi connectivity index (χ4v) is 5.37. The van der Waals surface area contributed by atoms with Crippen LogP contribution in [0.15, 0.2) is 0 Å². The smallest absolute Gasteiger partial charge is 0.246 e. The van der Waals surface area contributed by atoms with Gasteiger partial charge in [-0.2, -0.15) is 22.3 Å². The van der Waals surface area contributed by atoms with Gasteiger partial charge in [0, 0.05) is 25.5 Å². The molecule has 0 saturated carbocycles. The molecule has 8 heteroatoms. The molecule has 1 aromatic rings. The van der Waals surface area contributed by atoms with Gasteiger partial charge < -0.3 is 0 Å². The van der Waals surface area contributed by atoms with Gasteiger partial charge in [-0.25, -0.2) is 4.98 Å². The van der Waals surface area contributed by atoms with Gasteiger partial charge in [-0.1, -0.05) is 0 Å². The van der Waals surface area contributed by atoms with Gasteiger partial charge in [0.15, 0.2) is 0 Å². The lowest BCUT2D eigenvalue weighted by molar-refractivity contribution is 0.307. The summed E-state index contributed by atoms with van der Waals surface area (Å²) in [4.78, 5) is 5.58. The quantitative estimate of drug-likeness (QED) is 0.821. The summed E-state index contributed by atoms with van der Waals surface area (Å²) in [5.74, 6) is -0.333. The summed E-state index contributed by atoms with van der Waals surface area (Å²) in [6, 6.07) is 1.92. The molecule has 0 saturated heterocycles. The maximum atomic E-state index is 12.7. The van der Waals surface area contributed by atoms with E-state index in [0.717, 1.165) is 34.8 Å². The first-order valence-electron chi connectivity index (χ1n) is 7.32. The Morgan fingerprint density at radius 1 is 1.50 bits per heavy atom. The number of nitriles is 1. The molecule has 0 N–H and O–H groups in total. The van der Waals surface area contributed by atoms with E-state index in [4.69, 9.17) is 5.26 Å². The molecule has 0 bridgehead atoms. The number of fused-ring (bicyclic) bond motifs is 1. The number of aryl methyl sites for hydroxylation is 2. The van der Waals surface area contributed by atoms with Crippen LogP contribution >= 0.6 is 11.3 Å². The van der Waals surface area contributed by atoms with E-state index in [9.17, 15) is 8.42 Å². The average Bonchev–Trinajstić information content (AvgIpc) is 2.85. The van der Waals surface area contributed by atoms with Crippen molar-refractivity contribution < 1.29 is 8.42 Å². The SMILES string of the molecule is Cc1nc2c(s1)[C@H](N(C)S(=O)(=O)N(C)C[C@@H](C)C#N)CCC2. The Morgan fingerprint density at radius 2 is 2.18 bits per heavy atom. The molecule has 0 unspecified atom stereocenters. The predicted octanol–water partition coefficient (Wildman–Crippen LogP) is 2.10. The molecule has 0 radical (unpaired) electrons. The van der Waals surface area contributed by atoms with Crippen LogP contribution in [0.3, 0.4) is 0 Å². The molecule has 2 rings (SSSR count). The Bertz CT molecular complexity index is 678. The summed E-state index contributed by atoms with van der Waals surface area (Å²) in [6.45, 7) is 3.87. The molecule has 22 heavy (non-hydrogen) atoms. The number of nitrogens with zero attached hydrogens (tertiary/aromatic N) is 4. The van der Waals surface area contributed by atoms with Crippen molar-refractivity contribution in [1.82, 2.24) is 13.6 Å². The molecule has 0 fully saturated rings. The van der Waals surface area contributed by atoms with E-state index >= 15 is 0 Å². The largest absolute Gasteiger partial charge is 0.282 e. The molecule has 0 amide bonds. The van der Waals surface area contributed by atoms with Crippen molar-refractivity contribution in [2.75, 3.05) is 20.6 Å². The second-order valence-corrected chi connectivity index (χ2v) is 9.12. The number of rotatable bonds is 5. The van der Waals surface area contributed by atoms with Gasteiger partial charge in [0.2, 0.25) is 0 Å². The number of hydrogen-bond donors (Lipinski definition) is 0. The zero-order chi connectivity index (χ0) is 16.5. The van der Waals surface area contributed by atoms with Crippen molar-refractivity contribution in [2.45, 2.75) is 39.2 Å². The van der Waals surface area contributed by atoms with Crippen LogP contribution in [0.2, 0.25) is 0 Å². The predicted molar refractivity (Wildman–Crippen MR) is 86.6 cm³/mol. The van der Waals surface area contributed by atoms with E-state index in [-0.39, 0.29) is 18.5 Å². The normalized spacial score (nSPS) is 20.0. The van der Waals surface area contributed by atoms with Crippen molar-refractivity contribution in [1.29, 1.82) is 5.26 Å². The summed E-state index contributed by atoms with van der Waals surface area (Å²) in [7, 11) is -0.431. The van der Waals surface area contributed by atoms with Crippen LogP contribution in [0.5, 0.6) is 0 Å². The topological polar surface area (TPSA) is 77.3 Å². The van der Waals surface area contributed by atoms with Gasteiger partial charge in [0.25, 0.3) is 10.2 Å². The lowest BCUT2D eigenvalue weighted by atomic mass is 9.98. The zero-order valence-corrected chi connectivity index (χ0v) is 15.0. The molecule has 0 aromatic carbocycles. The Morgan fingerprint density at radius 3 is 2.82 bits per heavy atom. The van der Waals surface area contributed by atoms with E-state index in [1.807, 2.05) is 6.92 Å². The van der Waals surface area contributed by atoms with Gasteiger partial charge in [0.1, 0.15) is 0 Å². The van der Waals surface area contributed by atoms with E-state index in [2.05, 4.69) is 11.1 Å². The van der Waals surface area contributed by atoms with Crippen LogP contribution in [-0.4, -0.2) is 42.7 Å². The van der Waals surface area contributed by atoms with Gasteiger partial charge in [-0.3, -0.25) is 0 Å². The van der Waals surface area contributed by atoms with Crippen molar-refractivity contribution in [2.24, 2.45) is 5.92 Å². The maximum absolute atomic E-state index is 12.7. The summed E-state index contributed by atoms with van der Waals surface area (Å²) < 4.78 is 28.2. The zero-order valence-electron chi connectivity index (χ0n) is 13.4. The standard InChI is InChI=1S/C14H22N4O2S2/c1-10(8-15)9-17(3)22(19,20)18(4)13-7-5-6-12-14(13)21-11(2)16-12/h10,13H,5-7,9H2,1-4H3/t10-,13+/m0/s1. The van der Waals surface area contributed by atoms with Crippen molar-refractivity contribution in [3.8, 4) is 6.07 Å². The van der Waals surface area contributed by atoms with Gasteiger partial charge in [-0.15, -0.1) is 11.3 Å². The molecule has 1 aliphatic rings. The van der Waals surface area contributed by atoms with Crippen molar-refractivity contribution in [3.05, 3.63) is 15.6 Å². The highest BCUT2D eigenvalue weighted by atomic mass is 32.2. The third kappa shape index (κ3) is 3.33. The van der Waals surface area contributed by atoms with Crippen molar-refractivity contribution in [3.63, 3.8) is 0 Å². The van der Waals surface area contributed by atoms with Crippen LogP contribution < -0.4 is 0 Å². The molecule has 6 nitrogen and oxygen atoms in total. The van der Waals surface area contributed by atoms with E-state index < -0.39 is 10.2 Å². The third-order valence-corrected chi connectivity index (χ3v) is 7.01. The molecule has 122 valence electrons. The molecule has 1 heterocycles. The number of hydrogen-bond acceptors (Lipinski definition) is 5. The summed E-state index contributed by atoms with van der Waals surface area (Å²) in [5.41, 5.74) is 1.04. The summed E-state index contributed by atoms with van der Waals surface area (Å²) in [5, 5.41) is 9.86. The first-order chi connectivity index (χ1) is 10.3. The molecular weight excluding hydrogens is 320 g/mol. The van der Waals surface area contributed by atoms with Crippen LogP contribution in [0.1, 0.15) is 41.4 Å². The van der Waals surface area contributed by atoms with Gasteiger partial charge in [-0.05, 0) is 33.1 Å². The summed E-state index contributed by atoms with van der Waals surface area (Å²) >= 11 is 1.58. The molecule has 1 aromatic heterocycles. The van der Waals surface area contributed by atoms with Crippen LogP contribution in [0, 0.1) is 24.2 Å². The summed E-state index contributed by atoms with van der Waals surface area (Å²) in [6.07, 6.45) is 2.68. The number of thiazole rings is 1. The molecule has 1 aliphatic carbocycles. The lowest BCUT2D eigenvalue weighted by Crippen LogP contribution is -2.43. The monoisotopic (exact) mass is 342 g/mol. The van der Waals surface area contributed by atoms with Crippen molar-refractivity contribution >= 4 is 21.5 Å². The van der Waals surface area contributed by atoms with E-state index in [1.165, 1.54) is 15.7 Å². The Kier molecular flexibility index (Phi) is 5.22. The fourth-order valence-electron chi connectivity index (χ4n) is 2.77. The fraction of sp³-hybridized carbons (Fsp3) is 0.714. The first-order valence-corrected chi connectivity index (χ1v) is 9.53. The Balaban J connectivity index is 2.24. The molecule has 2 atom stereocenters. The molecule has 0 aliphatic heterocycles. The third-order valence-electron chi connectivity index (χ3n) is 3.98. The van der Waals surface area contributed by atoms with Crippen LogP contribution in [0.25, 0.3) is 0 Å². The van der Waals surface area contributed by atoms with Crippen LogP contribution in [-0.2, 0) is 16.6 Å². The van der Waals surface area contributed by atoms with E-state index in [0.29, 0.717) is 0 Å². The van der Waals surface area contributed by atoms with Gasteiger partial charge >= 0.3 is 0 Å². The van der Waals surface area contributed by atoms with E-state index in [1.54, 1.807) is 25.3 Å². The van der Waals surface area contributed by atoms with Gasteiger partial charge in [0.05, 0.1) is 28.7 Å². The highest BCUT2D eigenvalue weighted by molar-refractivity contribution is 7.86. The highest BCUT2D eigenvalue weighted by Crippen LogP contribution is 2.38. The second-order valence-electron chi connectivity index (χ2n) is 5.79. The minimum atomic E-state index is -3.58. The second kappa shape index (κ2) is 6.62.